The maximum atomic E-state index is 13.5. The molecule has 2 aromatic heterocycles. The van der Waals surface area contributed by atoms with Gasteiger partial charge < -0.3 is 10.1 Å². The van der Waals surface area contributed by atoms with Gasteiger partial charge >= 0.3 is 6.18 Å². The Bertz CT molecular complexity index is 1070. The van der Waals surface area contributed by atoms with Gasteiger partial charge in [0.25, 0.3) is 5.91 Å². The first-order valence-electron chi connectivity index (χ1n) is 8.93. The maximum absolute atomic E-state index is 13.5. The highest BCUT2D eigenvalue weighted by Crippen LogP contribution is 2.37. The number of nitrogens with one attached hydrogen (secondary N) is 1. The number of carbonyl (C=O) groups excluding carboxylic acids is 1. The maximum Gasteiger partial charge on any atom is 0.417 e. The lowest BCUT2D eigenvalue weighted by atomic mass is 10.1. The molecular weight excluding hydrogens is 385 g/mol. The summed E-state index contributed by atoms with van der Waals surface area (Å²) in [7, 11) is 1.50. The molecule has 3 aromatic rings. The van der Waals surface area contributed by atoms with E-state index in [9.17, 15) is 18.0 Å². The van der Waals surface area contributed by atoms with Crippen LogP contribution >= 0.6 is 0 Å². The molecule has 1 N–H and O–H groups in total. The Morgan fingerprint density at radius 3 is 2.34 bits per heavy atom. The van der Waals surface area contributed by atoms with Crippen molar-refractivity contribution >= 4 is 22.6 Å². The Kier molecular flexibility index (Phi) is 5.25. The van der Waals surface area contributed by atoms with E-state index in [2.05, 4.69) is 15.4 Å². The molecule has 154 valence electrons. The van der Waals surface area contributed by atoms with Crippen molar-refractivity contribution < 1.29 is 22.7 Å². The zero-order chi connectivity index (χ0) is 21.5. The van der Waals surface area contributed by atoms with Gasteiger partial charge in [-0.1, -0.05) is 6.07 Å². The summed E-state index contributed by atoms with van der Waals surface area (Å²) in [4.78, 5) is 16.6. The first-order valence-corrected chi connectivity index (χ1v) is 8.93. The molecule has 1 amide bonds. The second kappa shape index (κ2) is 7.38. The molecule has 0 spiro atoms. The van der Waals surface area contributed by atoms with Gasteiger partial charge in [0.15, 0.2) is 11.8 Å². The fraction of sp³-hybridized carbons (Fsp3) is 0.350. The Morgan fingerprint density at radius 1 is 1.14 bits per heavy atom. The fourth-order valence-corrected chi connectivity index (χ4v) is 3.23. The van der Waals surface area contributed by atoms with Crippen LogP contribution in [0.15, 0.2) is 24.3 Å². The average molecular weight is 406 g/mol. The molecule has 0 saturated heterocycles. The summed E-state index contributed by atoms with van der Waals surface area (Å²) >= 11 is 0. The molecular formula is C20H21F3N4O2. The number of anilines is 1. The van der Waals surface area contributed by atoms with Crippen LogP contribution in [-0.2, 0) is 18.0 Å². The van der Waals surface area contributed by atoms with Gasteiger partial charge in [-0.05, 0) is 51.0 Å². The highest BCUT2D eigenvalue weighted by Gasteiger charge is 2.36. The third-order valence-electron chi connectivity index (χ3n) is 4.41. The van der Waals surface area contributed by atoms with Gasteiger partial charge in [0.2, 0.25) is 5.88 Å². The SMILES string of the molecule is Cc1cc(C)cc(NC(=O)[C@@H](C)Oc2cc(C(F)(F)F)c3c(C)nn(C)c3n2)c1. The average Bonchev–Trinajstić information content (AvgIpc) is 2.86. The van der Waals surface area contributed by atoms with Crippen LogP contribution in [-0.4, -0.2) is 26.8 Å². The van der Waals surface area contributed by atoms with Crippen LogP contribution in [0.3, 0.4) is 0 Å². The zero-order valence-corrected chi connectivity index (χ0v) is 16.7. The molecule has 0 unspecified atom stereocenters. The standard InChI is InChI=1S/C20H21F3N4O2/c1-10-6-11(2)8-14(7-10)24-19(28)13(4)29-16-9-15(20(21,22)23)17-12(3)26-27(5)18(17)25-16/h6-9,13H,1-5H3,(H,24,28)/t13-/m1/s1. The molecule has 0 fully saturated rings. The molecule has 0 aliphatic heterocycles. The third kappa shape index (κ3) is 4.33. The van der Waals surface area contributed by atoms with Crippen molar-refractivity contribution in [1.29, 1.82) is 0 Å². The van der Waals surface area contributed by atoms with Crippen LogP contribution in [0.5, 0.6) is 5.88 Å². The van der Waals surface area contributed by atoms with Crippen molar-refractivity contribution in [2.24, 2.45) is 7.05 Å². The predicted molar refractivity (Wildman–Crippen MR) is 103 cm³/mol. The summed E-state index contributed by atoms with van der Waals surface area (Å²) in [5.74, 6) is -0.789. The number of rotatable bonds is 4. The van der Waals surface area contributed by atoms with Gasteiger partial charge in [0.05, 0.1) is 16.6 Å². The van der Waals surface area contributed by atoms with E-state index in [1.165, 1.54) is 25.6 Å². The predicted octanol–water partition coefficient (Wildman–Crippen LogP) is 4.32. The number of carbonyl (C=O) groups is 1. The lowest BCUT2D eigenvalue weighted by molar-refractivity contribution is -0.136. The molecule has 29 heavy (non-hydrogen) atoms. The molecule has 0 radical (unpaired) electrons. The van der Waals surface area contributed by atoms with Crippen LogP contribution < -0.4 is 10.1 Å². The van der Waals surface area contributed by atoms with Crippen molar-refractivity contribution in [3.05, 3.63) is 46.6 Å². The number of ether oxygens (including phenoxy) is 1. The highest BCUT2D eigenvalue weighted by molar-refractivity contribution is 5.94. The molecule has 9 heteroatoms. The molecule has 2 heterocycles. The van der Waals surface area contributed by atoms with Crippen LogP contribution in [0.4, 0.5) is 18.9 Å². The summed E-state index contributed by atoms with van der Waals surface area (Å²) in [6, 6.07) is 6.35. The molecule has 0 aliphatic rings. The van der Waals surface area contributed by atoms with Crippen molar-refractivity contribution in [1.82, 2.24) is 14.8 Å². The molecule has 0 bridgehead atoms. The van der Waals surface area contributed by atoms with Crippen LogP contribution in [0.1, 0.15) is 29.3 Å². The van der Waals surface area contributed by atoms with Crippen molar-refractivity contribution in [3.8, 4) is 5.88 Å². The second-order valence-corrected chi connectivity index (χ2v) is 7.04. The number of fused-ring (bicyclic) bond motifs is 1. The lowest BCUT2D eigenvalue weighted by Crippen LogP contribution is -2.30. The fourth-order valence-electron chi connectivity index (χ4n) is 3.23. The Morgan fingerprint density at radius 2 is 1.76 bits per heavy atom. The third-order valence-corrected chi connectivity index (χ3v) is 4.41. The summed E-state index contributed by atoms with van der Waals surface area (Å²) in [5.41, 5.74) is 1.89. The van der Waals surface area contributed by atoms with Crippen LogP contribution in [0.2, 0.25) is 0 Å². The van der Waals surface area contributed by atoms with E-state index in [0.717, 1.165) is 17.2 Å². The van der Waals surface area contributed by atoms with Crippen molar-refractivity contribution in [2.45, 2.75) is 40.0 Å². The largest absolute Gasteiger partial charge is 0.464 e. The molecule has 3 rings (SSSR count). The van der Waals surface area contributed by atoms with Crippen molar-refractivity contribution in [3.63, 3.8) is 0 Å². The van der Waals surface area contributed by atoms with E-state index in [4.69, 9.17) is 4.74 Å². The number of aromatic nitrogens is 3. The van der Waals surface area contributed by atoms with Crippen LogP contribution in [0, 0.1) is 20.8 Å². The lowest BCUT2D eigenvalue weighted by Gasteiger charge is -2.16. The Hall–Kier alpha value is -3.10. The van der Waals surface area contributed by atoms with E-state index < -0.39 is 23.8 Å². The van der Waals surface area contributed by atoms with Gasteiger partial charge in [0.1, 0.15) is 0 Å². The second-order valence-electron chi connectivity index (χ2n) is 7.04. The molecule has 1 atom stereocenters. The number of hydrogen-bond acceptors (Lipinski definition) is 4. The van der Waals surface area contributed by atoms with E-state index in [1.807, 2.05) is 19.9 Å². The number of halogens is 3. The number of hydrogen-bond donors (Lipinski definition) is 1. The van der Waals surface area contributed by atoms with Gasteiger partial charge in [-0.2, -0.15) is 23.3 Å². The van der Waals surface area contributed by atoms with Gasteiger partial charge in [-0.15, -0.1) is 0 Å². The van der Waals surface area contributed by atoms with E-state index in [-0.39, 0.29) is 22.6 Å². The normalized spacial score (nSPS) is 12.8. The number of aryl methyl sites for hydroxylation is 4. The summed E-state index contributed by atoms with van der Waals surface area (Å²) in [6.07, 6.45) is -5.67. The minimum Gasteiger partial charge on any atom is -0.464 e. The van der Waals surface area contributed by atoms with Crippen molar-refractivity contribution in [2.75, 3.05) is 5.32 Å². The quantitative estimate of drug-likeness (QED) is 0.701. The Labute approximate surface area is 165 Å². The first-order chi connectivity index (χ1) is 13.5. The van der Waals surface area contributed by atoms with Gasteiger partial charge in [-0.3, -0.25) is 9.48 Å². The topological polar surface area (TPSA) is 69.0 Å². The molecule has 0 saturated carbocycles. The number of alkyl halides is 3. The van der Waals surface area contributed by atoms with E-state index in [0.29, 0.717) is 5.69 Å². The molecule has 1 aromatic carbocycles. The minimum absolute atomic E-state index is 0.0363. The van der Waals surface area contributed by atoms with Gasteiger partial charge in [-0.25, -0.2) is 0 Å². The minimum atomic E-state index is -4.61. The monoisotopic (exact) mass is 406 g/mol. The summed E-state index contributed by atoms with van der Waals surface area (Å²) in [6.45, 7) is 6.73. The van der Waals surface area contributed by atoms with Gasteiger partial charge in [0, 0.05) is 18.8 Å². The molecule has 0 aliphatic carbocycles. The van der Waals surface area contributed by atoms with E-state index >= 15 is 0 Å². The first kappa shape index (κ1) is 20.6. The van der Waals surface area contributed by atoms with Crippen LogP contribution in [0.25, 0.3) is 11.0 Å². The highest BCUT2D eigenvalue weighted by atomic mass is 19.4. The summed E-state index contributed by atoms with van der Waals surface area (Å²) < 4.78 is 47.3. The Balaban J connectivity index is 1.89. The molecule has 6 nitrogen and oxygen atoms in total. The number of pyridine rings is 1. The number of benzene rings is 1. The zero-order valence-electron chi connectivity index (χ0n) is 16.7. The number of nitrogens with zero attached hydrogens (tertiary/aromatic N) is 3. The smallest absolute Gasteiger partial charge is 0.417 e. The summed E-state index contributed by atoms with van der Waals surface area (Å²) in [5, 5.41) is 6.64. The number of amides is 1. The van der Waals surface area contributed by atoms with E-state index in [1.54, 1.807) is 12.1 Å².